The number of nitrogens with one attached hydrogen (secondary N) is 1. The number of halogens is 2. The highest BCUT2D eigenvalue weighted by Gasteiger charge is 2.22. The minimum absolute atomic E-state index is 0.0133. The van der Waals surface area contributed by atoms with Gasteiger partial charge < -0.3 is 10.1 Å². The summed E-state index contributed by atoms with van der Waals surface area (Å²) in [6.07, 6.45) is 1.49. The first-order valence-electron chi connectivity index (χ1n) is 7.41. The predicted molar refractivity (Wildman–Crippen MR) is 98.1 cm³/mol. The number of benzene rings is 1. The number of nitrogens with zero attached hydrogens (tertiary/aromatic N) is 2. The molecule has 1 aromatic carbocycles. The van der Waals surface area contributed by atoms with Crippen molar-refractivity contribution in [2.24, 2.45) is 5.92 Å². The molecule has 0 bridgehead atoms. The van der Waals surface area contributed by atoms with Crippen molar-refractivity contribution in [1.82, 2.24) is 10.2 Å². The number of anilines is 1. The van der Waals surface area contributed by atoms with Gasteiger partial charge >= 0.3 is 0 Å². The molecule has 2 aromatic rings. The maximum absolute atomic E-state index is 12.2. The summed E-state index contributed by atoms with van der Waals surface area (Å²) in [6, 6.07) is 5.43. The molecule has 5 nitrogen and oxygen atoms in total. The van der Waals surface area contributed by atoms with Gasteiger partial charge in [-0.05, 0) is 30.5 Å². The van der Waals surface area contributed by atoms with E-state index in [4.69, 9.17) is 27.9 Å². The van der Waals surface area contributed by atoms with Crippen LogP contribution in [0.2, 0.25) is 10.0 Å². The molecule has 128 valence electrons. The van der Waals surface area contributed by atoms with Gasteiger partial charge in [0.1, 0.15) is 0 Å². The molecule has 1 saturated heterocycles. The van der Waals surface area contributed by atoms with Crippen molar-refractivity contribution in [3.8, 4) is 0 Å². The largest absolute Gasteiger partial charge is 0.381 e. The van der Waals surface area contributed by atoms with E-state index in [1.165, 1.54) is 23.1 Å². The van der Waals surface area contributed by atoms with E-state index in [1.807, 2.05) is 18.2 Å². The molecular formula is C15H15Cl2N3O2S2. The van der Waals surface area contributed by atoms with Crippen molar-refractivity contribution < 1.29 is 9.53 Å². The zero-order valence-corrected chi connectivity index (χ0v) is 15.8. The highest BCUT2D eigenvalue weighted by atomic mass is 35.5. The number of ether oxygens (including phenoxy) is 1. The van der Waals surface area contributed by atoms with Gasteiger partial charge in [0, 0.05) is 34.9 Å². The third-order valence-electron chi connectivity index (χ3n) is 3.63. The maximum Gasteiger partial charge on any atom is 0.229 e. The van der Waals surface area contributed by atoms with Crippen molar-refractivity contribution in [3.05, 3.63) is 33.8 Å². The molecule has 0 unspecified atom stereocenters. The molecule has 3 rings (SSSR count). The van der Waals surface area contributed by atoms with Crippen LogP contribution >= 0.6 is 46.3 Å². The molecule has 0 atom stereocenters. The van der Waals surface area contributed by atoms with Crippen LogP contribution in [0, 0.1) is 5.92 Å². The van der Waals surface area contributed by atoms with Crippen LogP contribution in [0.25, 0.3) is 0 Å². The zero-order chi connectivity index (χ0) is 16.9. The van der Waals surface area contributed by atoms with Crippen LogP contribution < -0.4 is 5.32 Å². The fourth-order valence-corrected chi connectivity index (χ4v) is 4.79. The standard InChI is InChI=1S/C15H15Cl2N3O2S2/c16-11-2-1-3-12(17)10(11)8-23-15-20-19-14(24-15)18-13(21)9-4-6-22-7-5-9/h1-3,9H,4-8H2,(H,18,19,21). The molecule has 1 aliphatic heterocycles. The molecule has 0 spiro atoms. The number of thioether (sulfide) groups is 1. The lowest BCUT2D eigenvalue weighted by molar-refractivity contribution is -0.122. The SMILES string of the molecule is O=C(Nc1nnc(SCc2c(Cl)cccc2Cl)s1)C1CCOCC1. The average Bonchev–Trinajstić information content (AvgIpc) is 3.02. The highest BCUT2D eigenvalue weighted by molar-refractivity contribution is 8.00. The van der Waals surface area contributed by atoms with E-state index in [2.05, 4.69) is 15.5 Å². The fraction of sp³-hybridized carbons (Fsp3) is 0.400. The van der Waals surface area contributed by atoms with E-state index < -0.39 is 0 Å². The number of hydrogen-bond donors (Lipinski definition) is 1. The topological polar surface area (TPSA) is 64.1 Å². The van der Waals surface area contributed by atoms with Crippen LogP contribution in [-0.2, 0) is 15.3 Å². The summed E-state index contributed by atoms with van der Waals surface area (Å²) in [4.78, 5) is 12.2. The first kappa shape index (κ1) is 17.9. The number of carbonyl (C=O) groups is 1. The lowest BCUT2D eigenvalue weighted by Gasteiger charge is -2.20. The predicted octanol–water partition coefficient (Wildman–Crippen LogP) is 4.50. The summed E-state index contributed by atoms with van der Waals surface area (Å²) < 4.78 is 6.02. The first-order valence-corrected chi connectivity index (χ1v) is 9.97. The Morgan fingerprint density at radius 3 is 2.71 bits per heavy atom. The summed E-state index contributed by atoms with van der Waals surface area (Å²) >= 11 is 15.2. The molecule has 1 fully saturated rings. The number of amides is 1. The highest BCUT2D eigenvalue weighted by Crippen LogP contribution is 2.33. The lowest BCUT2D eigenvalue weighted by Crippen LogP contribution is -2.28. The Labute approximate surface area is 158 Å². The summed E-state index contributed by atoms with van der Waals surface area (Å²) in [6.45, 7) is 1.27. The summed E-state index contributed by atoms with van der Waals surface area (Å²) in [5, 5.41) is 12.7. The maximum atomic E-state index is 12.2. The van der Waals surface area contributed by atoms with Gasteiger partial charge in [0.2, 0.25) is 11.0 Å². The molecule has 1 N–H and O–H groups in total. The molecule has 0 saturated carbocycles. The Balaban J connectivity index is 1.56. The van der Waals surface area contributed by atoms with E-state index in [-0.39, 0.29) is 11.8 Å². The van der Waals surface area contributed by atoms with Gasteiger partial charge in [0.05, 0.1) is 0 Å². The zero-order valence-electron chi connectivity index (χ0n) is 12.6. The van der Waals surface area contributed by atoms with E-state index >= 15 is 0 Å². The molecular weight excluding hydrogens is 389 g/mol. The van der Waals surface area contributed by atoms with Crippen molar-refractivity contribution in [1.29, 1.82) is 0 Å². The Hall–Kier alpha value is -0.860. The molecule has 9 heteroatoms. The van der Waals surface area contributed by atoms with Crippen molar-refractivity contribution in [3.63, 3.8) is 0 Å². The normalized spacial score (nSPS) is 15.4. The fourth-order valence-electron chi connectivity index (χ4n) is 2.29. The van der Waals surface area contributed by atoms with Gasteiger partial charge in [-0.1, -0.05) is 52.4 Å². The molecule has 1 aromatic heterocycles. The Morgan fingerprint density at radius 1 is 1.29 bits per heavy atom. The minimum Gasteiger partial charge on any atom is -0.381 e. The van der Waals surface area contributed by atoms with Gasteiger partial charge in [0.25, 0.3) is 0 Å². The van der Waals surface area contributed by atoms with Gasteiger partial charge in [0.15, 0.2) is 4.34 Å². The van der Waals surface area contributed by atoms with Crippen molar-refractivity contribution >= 4 is 57.3 Å². The third kappa shape index (κ3) is 4.61. The van der Waals surface area contributed by atoms with Crippen LogP contribution in [0.15, 0.2) is 22.5 Å². The van der Waals surface area contributed by atoms with Crippen LogP contribution in [0.5, 0.6) is 0 Å². The van der Waals surface area contributed by atoms with E-state index in [0.29, 0.717) is 34.1 Å². The number of carbonyl (C=O) groups excluding carboxylic acids is 1. The van der Waals surface area contributed by atoms with Crippen molar-refractivity contribution in [2.45, 2.75) is 22.9 Å². The molecule has 0 radical (unpaired) electrons. The number of aromatic nitrogens is 2. The van der Waals surface area contributed by atoms with Crippen LogP contribution in [0.1, 0.15) is 18.4 Å². The van der Waals surface area contributed by atoms with Crippen LogP contribution in [0.3, 0.4) is 0 Å². The molecule has 0 aliphatic carbocycles. The first-order chi connectivity index (χ1) is 11.6. The average molecular weight is 404 g/mol. The summed E-state index contributed by atoms with van der Waals surface area (Å²) in [5.74, 6) is 0.571. The van der Waals surface area contributed by atoms with Gasteiger partial charge in [-0.15, -0.1) is 10.2 Å². The van der Waals surface area contributed by atoms with E-state index in [0.717, 1.165) is 22.7 Å². The van der Waals surface area contributed by atoms with Gasteiger partial charge in [-0.2, -0.15) is 0 Å². The molecule has 24 heavy (non-hydrogen) atoms. The number of hydrogen-bond acceptors (Lipinski definition) is 6. The van der Waals surface area contributed by atoms with Gasteiger partial charge in [-0.25, -0.2) is 0 Å². The van der Waals surface area contributed by atoms with Crippen LogP contribution in [0.4, 0.5) is 5.13 Å². The second-order valence-corrected chi connectivity index (χ2v) is 8.25. The Kier molecular flexibility index (Phi) is 6.35. The lowest BCUT2D eigenvalue weighted by atomic mass is 10.00. The monoisotopic (exact) mass is 403 g/mol. The Bertz CT molecular complexity index is 700. The van der Waals surface area contributed by atoms with Gasteiger partial charge in [-0.3, -0.25) is 4.79 Å². The van der Waals surface area contributed by atoms with E-state index in [9.17, 15) is 4.79 Å². The van der Waals surface area contributed by atoms with Crippen molar-refractivity contribution in [2.75, 3.05) is 18.5 Å². The van der Waals surface area contributed by atoms with Crippen LogP contribution in [-0.4, -0.2) is 29.3 Å². The van der Waals surface area contributed by atoms with E-state index in [1.54, 1.807) is 0 Å². The molecule has 2 heterocycles. The second kappa shape index (κ2) is 8.49. The summed E-state index contributed by atoms with van der Waals surface area (Å²) in [7, 11) is 0. The minimum atomic E-state index is -0.0138. The third-order valence-corrected chi connectivity index (χ3v) is 6.34. The smallest absolute Gasteiger partial charge is 0.229 e. The number of rotatable bonds is 5. The molecule has 1 aliphatic rings. The second-order valence-electron chi connectivity index (χ2n) is 5.24. The Morgan fingerprint density at radius 2 is 2.00 bits per heavy atom. The summed E-state index contributed by atoms with van der Waals surface area (Å²) in [5.41, 5.74) is 0.869. The quantitative estimate of drug-likeness (QED) is 0.587. The molecule has 1 amide bonds.